The molecule has 0 saturated heterocycles. The lowest BCUT2D eigenvalue weighted by Gasteiger charge is -2.08. The molecule has 2 rings (SSSR count). The number of nitrogens with one attached hydrogen (secondary N) is 2. The average Bonchev–Trinajstić information content (AvgIpc) is 2.54. The number of nitrogens with zero attached hydrogens (tertiary/aromatic N) is 2. The summed E-state index contributed by atoms with van der Waals surface area (Å²) in [6, 6.07) is 4.96. The van der Waals surface area contributed by atoms with E-state index in [4.69, 9.17) is 5.84 Å². The molecule has 0 spiro atoms. The number of nitrogens with two attached hydrogens (primary N) is 1. The molecular formula is C14H14F3N5O. The molecule has 4 N–H and O–H groups in total. The Balaban J connectivity index is 1.86. The van der Waals surface area contributed by atoms with E-state index >= 15 is 0 Å². The second kappa shape index (κ2) is 7.05. The van der Waals surface area contributed by atoms with Gasteiger partial charge in [0.05, 0.1) is 11.1 Å². The first-order chi connectivity index (χ1) is 10.9. The molecule has 0 aliphatic carbocycles. The number of aromatic nitrogens is 2. The number of benzene rings is 1. The number of carbonyl (C=O) groups excluding carboxylic acids is 1. The molecule has 1 amide bonds. The number of halogens is 3. The minimum atomic E-state index is -4.33. The lowest BCUT2D eigenvalue weighted by molar-refractivity contribution is -0.137. The minimum absolute atomic E-state index is 0.223. The number of carbonyl (C=O) groups is 1. The number of hydrogen-bond donors (Lipinski definition) is 3. The van der Waals surface area contributed by atoms with Crippen molar-refractivity contribution in [3.8, 4) is 0 Å². The average molecular weight is 325 g/mol. The minimum Gasteiger partial charge on any atom is -0.354 e. The van der Waals surface area contributed by atoms with Crippen LogP contribution in [0.5, 0.6) is 0 Å². The van der Waals surface area contributed by atoms with Gasteiger partial charge in [0.2, 0.25) is 5.95 Å². The van der Waals surface area contributed by atoms with Gasteiger partial charge in [0.25, 0.3) is 5.91 Å². The summed E-state index contributed by atoms with van der Waals surface area (Å²) in [5.41, 5.74) is 2.26. The fourth-order valence-electron chi connectivity index (χ4n) is 1.80. The Labute approximate surface area is 129 Å². The van der Waals surface area contributed by atoms with Crippen LogP contribution in [0.4, 0.5) is 19.1 Å². The predicted molar refractivity (Wildman–Crippen MR) is 77.3 cm³/mol. The maximum absolute atomic E-state index is 12.4. The van der Waals surface area contributed by atoms with Crippen LogP contribution in [0.15, 0.2) is 36.7 Å². The maximum atomic E-state index is 12.4. The van der Waals surface area contributed by atoms with Gasteiger partial charge in [0.1, 0.15) is 0 Å². The van der Waals surface area contributed by atoms with Gasteiger partial charge in [-0.2, -0.15) is 13.2 Å². The predicted octanol–water partition coefficient (Wildman–Crippen LogP) is 1.75. The molecule has 9 heteroatoms. The largest absolute Gasteiger partial charge is 0.416 e. The molecule has 1 aromatic carbocycles. The van der Waals surface area contributed by atoms with Crippen molar-refractivity contribution in [3.63, 3.8) is 0 Å². The van der Waals surface area contributed by atoms with Crippen molar-refractivity contribution in [1.29, 1.82) is 0 Å². The van der Waals surface area contributed by atoms with E-state index in [0.717, 1.165) is 17.7 Å². The van der Waals surface area contributed by atoms with Crippen molar-refractivity contribution in [2.24, 2.45) is 5.84 Å². The van der Waals surface area contributed by atoms with Gasteiger partial charge in [-0.3, -0.25) is 10.2 Å². The number of amides is 1. The van der Waals surface area contributed by atoms with E-state index < -0.39 is 17.6 Å². The van der Waals surface area contributed by atoms with E-state index in [1.807, 2.05) is 5.43 Å². The summed E-state index contributed by atoms with van der Waals surface area (Å²) in [6.45, 7) is 0.438. The number of hydrazine groups is 1. The molecule has 0 unspecified atom stereocenters. The SMILES string of the molecule is NNC(=O)c1cnc(NCCc2ccc(C(F)(F)F)cc2)nc1. The van der Waals surface area contributed by atoms with Crippen LogP contribution in [0.3, 0.4) is 0 Å². The van der Waals surface area contributed by atoms with Crippen LogP contribution in [0, 0.1) is 0 Å². The number of nitrogen functional groups attached to an aromatic ring is 1. The number of anilines is 1. The zero-order chi connectivity index (χ0) is 16.9. The normalized spacial score (nSPS) is 11.1. The smallest absolute Gasteiger partial charge is 0.354 e. The second-order valence-electron chi connectivity index (χ2n) is 4.64. The van der Waals surface area contributed by atoms with Crippen LogP contribution in [0.2, 0.25) is 0 Å². The maximum Gasteiger partial charge on any atom is 0.416 e. The summed E-state index contributed by atoms with van der Waals surface area (Å²) in [5.74, 6) is 4.79. The van der Waals surface area contributed by atoms with E-state index in [0.29, 0.717) is 18.9 Å². The molecule has 2 aromatic rings. The molecule has 0 radical (unpaired) electrons. The third-order valence-corrected chi connectivity index (χ3v) is 3.02. The molecule has 0 atom stereocenters. The van der Waals surface area contributed by atoms with Gasteiger partial charge in [-0.25, -0.2) is 15.8 Å². The first-order valence-corrected chi connectivity index (χ1v) is 6.63. The molecule has 0 fully saturated rings. The highest BCUT2D eigenvalue weighted by atomic mass is 19.4. The summed E-state index contributed by atoms with van der Waals surface area (Å²) in [5, 5.41) is 2.91. The molecule has 1 aromatic heterocycles. The van der Waals surface area contributed by atoms with Crippen LogP contribution < -0.4 is 16.6 Å². The molecule has 23 heavy (non-hydrogen) atoms. The third-order valence-electron chi connectivity index (χ3n) is 3.02. The highest BCUT2D eigenvalue weighted by Crippen LogP contribution is 2.29. The standard InChI is InChI=1S/C14H14F3N5O/c15-14(16,17)11-3-1-9(2-4-11)5-6-19-13-20-7-10(8-21-13)12(23)22-18/h1-4,7-8H,5-6,18H2,(H,22,23)(H,19,20,21). The fraction of sp³-hybridized carbons (Fsp3) is 0.214. The fourth-order valence-corrected chi connectivity index (χ4v) is 1.80. The number of rotatable bonds is 5. The van der Waals surface area contributed by atoms with Gasteiger partial charge in [-0.05, 0) is 24.1 Å². The van der Waals surface area contributed by atoms with Crippen molar-refractivity contribution >= 4 is 11.9 Å². The van der Waals surface area contributed by atoms with Gasteiger partial charge in [-0.1, -0.05) is 12.1 Å². The molecule has 6 nitrogen and oxygen atoms in total. The molecular weight excluding hydrogens is 311 g/mol. The van der Waals surface area contributed by atoms with E-state index in [1.54, 1.807) is 0 Å². The van der Waals surface area contributed by atoms with Crippen molar-refractivity contribution in [3.05, 3.63) is 53.3 Å². The Bertz CT molecular complexity index is 656. The summed E-state index contributed by atoms with van der Waals surface area (Å²) in [6.07, 6.45) is -1.19. The van der Waals surface area contributed by atoms with Crippen LogP contribution >= 0.6 is 0 Å². The molecule has 0 saturated carbocycles. The van der Waals surface area contributed by atoms with E-state index in [9.17, 15) is 18.0 Å². The van der Waals surface area contributed by atoms with E-state index in [2.05, 4.69) is 15.3 Å². The third kappa shape index (κ3) is 4.65. The van der Waals surface area contributed by atoms with E-state index in [1.165, 1.54) is 24.5 Å². The second-order valence-corrected chi connectivity index (χ2v) is 4.64. The monoisotopic (exact) mass is 325 g/mol. The van der Waals surface area contributed by atoms with Crippen LogP contribution in [-0.2, 0) is 12.6 Å². The van der Waals surface area contributed by atoms with Crippen molar-refractivity contribution in [2.45, 2.75) is 12.6 Å². The van der Waals surface area contributed by atoms with Crippen molar-refractivity contribution in [2.75, 3.05) is 11.9 Å². The highest BCUT2D eigenvalue weighted by molar-refractivity contribution is 5.93. The van der Waals surface area contributed by atoms with Gasteiger partial charge in [0, 0.05) is 18.9 Å². The lowest BCUT2D eigenvalue weighted by Crippen LogP contribution is -2.30. The summed E-state index contributed by atoms with van der Waals surface area (Å²) in [7, 11) is 0. The molecule has 122 valence electrons. The first-order valence-electron chi connectivity index (χ1n) is 6.63. The first kappa shape index (κ1) is 16.7. The van der Waals surface area contributed by atoms with Gasteiger partial charge >= 0.3 is 6.18 Å². The Hall–Kier alpha value is -2.68. The zero-order valence-electron chi connectivity index (χ0n) is 11.9. The van der Waals surface area contributed by atoms with Gasteiger partial charge in [-0.15, -0.1) is 0 Å². The van der Waals surface area contributed by atoms with Crippen molar-refractivity contribution in [1.82, 2.24) is 15.4 Å². The molecule has 0 bridgehead atoms. The van der Waals surface area contributed by atoms with Crippen LogP contribution in [0.25, 0.3) is 0 Å². The lowest BCUT2D eigenvalue weighted by atomic mass is 10.1. The summed E-state index contributed by atoms with van der Waals surface area (Å²) in [4.78, 5) is 19.1. The van der Waals surface area contributed by atoms with Gasteiger partial charge in [0.15, 0.2) is 0 Å². The topological polar surface area (TPSA) is 92.9 Å². The van der Waals surface area contributed by atoms with Crippen molar-refractivity contribution < 1.29 is 18.0 Å². The Morgan fingerprint density at radius 1 is 1.13 bits per heavy atom. The molecule has 0 aliphatic rings. The van der Waals surface area contributed by atoms with Crippen LogP contribution in [0.1, 0.15) is 21.5 Å². The van der Waals surface area contributed by atoms with Gasteiger partial charge < -0.3 is 5.32 Å². The highest BCUT2D eigenvalue weighted by Gasteiger charge is 2.29. The summed E-state index contributed by atoms with van der Waals surface area (Å²) >= 11 is 0. The Morgan fingerprint density at radius 2 is 1.74 bits per heavy atom. The number of hydrogen-bond acceptors (Lipinski definition) is 5. The quantitative estimate of drug-likeness (QED) is 0.442. The summed E-state index contributed by atoms with van der Waals surface area (Å²) < 4.78 is 37.3. The Morgan fingerprint density at radius 3 is 2.26 bits per heavy atom. The molecule has 1 heterocycles. The Kier molecular flexibility index (Phi) is 5.12. The zero-order valence-corrected chi connectivity index (χ0v) is 11.9. The van der Waals surface area contributed by atoms with Crippen LogP contribution in [-0.4, -0.2) is 22.4 Å². The van der Waals surface area contributed by atoms with E-state index in [-0.39, 0.29) is 5.56 Å². The number of alkyl halides is 3. The molecule has 0 aliphatic heterocycles.